The van der Waals surface area contributed by atoms with E-state index in [0.29, 0.717) is 22.3 Å². The van der Waals surface area contributed by atoms with Crippen molar-refractivity contribution in [2.75, 3.05) is 26.2 Å². The normalized spacial score (nSPS) is 21.8. The number of hydrogen-bond donors (Lipinski definition) is 1. The molecule has 1 aliphatic heterocycles. The van der Waals surface area contributed by atoms with Crippen LogP contribution in [0.25, 0.3) is 0 Å². The van der Waals surface area contributed by atoms with E-state index < -0.39 is 0 Å². The summed E-state index contributed by atoms with van der Waals surface area (Å²) in [6.07, 6.45) is 0.374. The smallest absolute Gasteiger partial charge is 0.258 e. The van der Waals surface area contributed by atoms with Gasteiger partial charge >= 0.3 is 0 Å². The average Bonchev–Trinajstić information content (AvgIpc) is 2.53. The molecule has 1 aliphatic rings. The van der Waals surface area contributed by atoms with E-state index in [-0.39, 0.29) is 30.3 Å². The standard InChI is InChI=1S/C18H26Cl2N2O3/c1-12-8-22(9-13(2)25-12)18(3,4)11-21-17(23)10-24-16-7-14(19)5-6-15(16)20/h5-7,12-13H,8-11H2,1-4H3,(H,21,23). The van der Waals surface area contributed by atoms with E-state index in [1.165, 1.54) is 0 Å². The number of morpholine rings is 1. The molecule has 5 nitrogen and oxygen atoms in total. The lowest BCUT2D eigenvalue weighted by atomic mass is 10.00. The fourth-order valence-electron chi connectivity index (χ4n) is 2.88. The first-order valence-corrected chi connectivity index (χ1v) is 9.18. The van der Waals surface area contributed by atoms with Crippen LogP contribution in [0.5, 0.6) is 5.75 Å². The lowest BCUT2D eigenvalue weighted by molar-refractivity contribution is -0.124. The van der Waals surface area contributed by atoms with Gasteiger partial charge in [0, 0.05) is 36.3 Å². The number of carbonyl (C=O) groups is 1. The summed E-state index contributed by atoms with van der Waals surface area (Å²) >= 11 is 11.9. The Kier molecular flexibility index (Phi) is 6.97. The van der Waals surface area contributed by atoms with Crippen molar-refractivity contribution < 1.29 is 14.3 Å². The first-order chi connectivity index (χ1) is 11.7. The Morgan fingerprint density at radius 3 is 2.60 bits per heavy atom. The first-order valence-electron chi connectivity index (χ1n) is 8.42. The molecule has 2 atom stereocenters. The monoisotopic (exact) mass is 388 g/mol. The van der Waals surface area contributed by atoms with E-state index in [4.69, 9.17) is 32.7 Å². The van der Waals surface area contributed by atoms with Crippen LogP contribution >= 0.6 is 23.2 Å². The van der Waals surface area contributed by atoms with E-state index in [2.05, 4.69) is 37.9 Å². The van der Waals surface area contributed by atoms with Crippen LogP contribution in [0.2, 0.25) is 10.0 Å². The van der Waals surface area contributed by atoms with Crippen LogP contribution in [0, 0.1) is 0 Å². The Labute approximate surface area is 159 Å². The lowest BCUT2D eigenvalue weighted by Gasteiger charge is -2.45. The van der Waals surface area contributed by atoms with Crippen LogP contribution in [-0.2, 0) is 9.53 Å². The number of nitrogens with one attached hydrogen (secondary N) is 1. The summed E-state index contributed by atoms with van der Waals surface area (Å²) < 4.78 is 11.2. The number of hydrogen-bond acceptors (Lipinski definition) is 4. The molecular formula is C18H26Cl2N2O3. The molecule has 0 saturated carbocycles. The first kappa shape index (κ1) is 20.3. The van der Waals surface area contributed by atoms with Crippen molar-refractivity contribution >= 4 is 29.1 Å². The third kappa shape index (κ3) is 6.03. The topological polar surface area (TPSA) is 50.8 Å². The molecule has 0 bridgehead atoms. The number of rotatable bonds is 6. The maximum Gasteiger partial charge on any atom is 0.258 e. The summed E-state index contributed by atoms with van der Waals surface area (Å²) in [5.74, 6) is 0.206. The molecule has 1 heterocycles. The van der Waals surface area contributed by atoms with Crippen LogP contribution in [-0.4, -0.2) is 54.8 Å². The fraction of sp³-hybridized carbons (Fsp3) is 0.611. The molecule has 0 aromatic heterocycles. The van der Waals surface area contributed by atoms with Crippen LogP contribution in [0.15, 0.2) is 18.2 Å². The minimum atomic E-state index is -0.196. The van der Waals surface area contributed by atoms with Gasteiger partial charge < -0.3 is 14.8 Å². The highest BCUT2D eigenvalue weighted by molar-refractivity contribution is 6.34. The quantitative estimate of drug-likeness (QED) is 0.811. The van der Waals surface area contributed by atoms with Gasteiger partial charge in [0.1, 0.15) is 5.75 Å². The maximum atomic E-state index is 12.1. The zero-order chi connectivity index (χ0) is 18.6. The largest absolute Gasteiger partial charge is 0.482 e. The van der Waals surface area contributed by atoms with E-state index >= 15 is 0 Å². The van der Waals surface area contributed by atoms with Gasteiger partial charge in [-0.1, -0.05) is 23.2 Å². The maximum absolute atomic E-state index is 12.1. The van der Waals surface area contributed by atoms with Crippen LogP contribution in [0.3, 0.4) is 0 Å². The van der Waals surface area contributed by atoms with E-state index in [1.54, 1.807) is 18.2 Å². The Bertz CT molecular complexity index is 600. The number of benzene rings is 1. The molecule has 0 radical (unpaired) electrons. The third-order valence-corrected chi connectivity index (χ3v) is 4.79. The number of halogens is 2. The molecule has 0 aliphatic carbocycles. The van der Waals surface area contributed by atoms with E-state index in [0.717, 1.165) is 13.1 Å². The molecule has 0 spiro atoms. The minimum Gasteiger partial charge on any atom is -0.482 e. The molecule has 1 aromatic carbocycles. The number of carbonyl (C=O) groups excluding carboxylic acids is 1. The van der Waals surface area contributed by atoms with Crippen molar-refractivity contribution in [3.8, 4) is 5.75 Å². The average molecular weight is 389 g/mol. The molecule has 2 unspecified atom stereocenters. The molecule has 2 rings (SSSR count). The number of nitrogens with zero attached hydrogens (tertiary/aromatic N) is 1. The summed E-state index contributed by atoms with van der Waals surface area (Å²) in [6.45, 7) is 10.5. The molecular weight excluding hydrogens is 363 g/mol. The van der Waals surface area contributed by atoms with Crippen molar-refractivity contribution in [2.45, 2.75) is 45.4 Å². The molecule has 1 saturated heterocycles. The molecule has 1 N–H and O–H groups in total. The Morgan fingerprint density at radius 2 is 1.96 bits per heavy atom. The summed E-state index contributed by atoms with van der Waals surface area (Å²) in [5.41, 5.74) is -0.171. The molecule has 1 aromatic rings. The van der Waals surface area contributed by atoms with Crippen molar-refractivity contribution in [3.05, 3.63) is 28.2 Å². The Balaban J connectivity index is 1.83. The Morgan fingerprint density at radius 1 is 1.32 bits per heavy atom. The van der Waals surface area contributed by atoms with E-state index in [1.807, 2.05) is 0 Å². The second-order valence-corrected chi connectivity index (χ2v) is 7.96. The van der Waals surface area contributed by atoms with Gasteiger partial charge in [0.25, 0.3) is 5.91 Å². The SMILES string of the molecule is CC1CN(C(C)(C)CNC(=O)COc2cc(Cl)ccc2Cl)CC(C)O1. The highest BCUT2D eigenvalue weighted by Crippen LogP contribution is 2.27. The van der Waals surface area contributed by atoms with Gasteiger partial charge in [-0.3, -0.25) is 9.69 Å². The summed E-state index contributed by atoms with van der Waals surface area (Å²) in [6, 6.07) is 4.91. The highest BCUT2D eigenvalue weighted by atomic mass is 35.5. The lowest BCUT2D eigenvalue weighted by Crippen LogP contribution is -2.58. The van der Waals surface area contributed by atoms with Crippen molar-refractivity contribution in [3.63, 3.8) is 0 Å². The van der Waals surface area contributed by atoms with Gasteiger partial charge in [-0.25, -0.2) is 0 Å². The molecule has 25 heavy (non-hydrogen) atoms. The van der Waals surface area contributed by atoms with E-state index in [9.17, 15) is 4.79 Å². The summed E-state index contributed by atoms with van der Waals surface area (Å²) in [5, 5.41) is 3.87. The van der Waals surface area contributed by atoms with Crippen molar-refractivity contribution in [1.82, 2.24) is 10.2 Å². The second kappa shape index (κ2) is 8.58. The predicted octanol–water partition coefficient (Wildman–Crippen LogP) is 3.38. The van der Waals surface area contributed by atoms with Crippen LogP contribution in [0.4, 0.5) is 0 Å². The molecule has 1 amide bonds. The van der Waals surface area contributed by atoms with Crippen LogP contribution < -0.4 is 10.1 Å². The van der Waals surface area contributed by atoms with Crippen LogP contribution in [0.1, 0.15) is 27.7 Å². The highest BCUT2D eigenvalue weighted by Gasteiger charge is 2.33. The van der Waals surface area contributed by atoms with Crippen molar-refractivity contribution in [2.24, 2.45) is 0 Å². The zero-order valence-electron chi connectivity index (χ0n) is 15.1. The number of amides is 1. The van der Waals surface area contributed by atoms with Crippen molar-refractivity contribution in [1.29, 1.82) is 0 Å². The second-order valence-electron chi connectivity index (χ2n) is 7.11. The van der Waals surface area contributed by atoms with Gasteiger partial charge in [0.15, 0.2) is 6.61 Å². The molecule has 1 fully saturated rings. The molecule has 7 heteroatoms. The van der Waals surface area contributed by atoms with Gasteiger partial charge in [0.05, 0.1) is 17.2 Å². The van der Waals surface area contributed by atoms with Gasteiger partial charge in [-0.15, -0.1) is 0 Å². The van der Waals surface area contributed by atoms with Gasteiger partial charge in [0.2, 0.25) is 0 Å². The van der Waals surface area contributed by atoms with Gasteiger partial charge in [-0.2, -0.15) is 0 Å². The minimum absolute atomic E-state index is 0.105. The Hall–Kier alpha value is -1.01. The number of ether oxygens (including phenoxy) is 2. The fourth-order valence-corrected chi connectivity index (χ4v) is 3.22. The zero-order valence-corrected chi connectivity index (χ0v) is 16.7. The predicted molar refractivity (Wildman–Crippen MR) is 101 cm³/mol. The van der Waals surface area contributed by atoms with Gasteiger partial charge in [-0.05, 0) is 39.8 Å². The summed E-state index contributed by atoms with van der Waals surface area (Å²) in [4.78, 5) is 14.5. The molecule has 140 valence electrons. The third-order valence-electron chi connectivity index (χ3n) is 4.25. The summed E-state index contributed by atoms with van der Waals surface area (Å²) in [7, 11) is 0.